The number of phosphoric acid groups is 1. The Balaban J connectivity index is -0.000000106. The fourth-order valence-corrected chi connectivity index (χ4v) is 1.09. The zero-order valence-corrected chi connectivity index (χ0v) is 16.2. The molecule has 4 N–H and O–H groups in total. The number of esters is 1. The summed E-state index contributed by atoms with van der Waals surface area (Å²) in [6.07, 6.45) is 1.11. The lowest BCUT2D eigenvalue weighted by Gasteiger charge is -1.98. The lowest BCUT2D eigenvalue weighted by Crippen LogP contribution is -2.09. The van der Waals surface area contributed by atoms with E-state index in [0.717, 1.165) is 32.3 Å². The van der Waals surface area contributed by atoms with Crippen LogP contribution in [0.2, 0.25) is 0 Å². The molecule has 0 aromatic heterocycles. The number of carbonyl (C=O) groups excluding carboxylic acids is 1. The molecule has 8 nitrogen and oxygen atoms in total. The van der Waals surface area contributed by atoms with Gasteiger partial charge in [-0.1, -0.05) is 34.3 Å². The first kappa shape index (κ1) is 30.2. The van der Waals surface area contributed by atoms with Crippen molar-refractivity contribution in [1.29, 1.82) is 0 Å². The van der Waals surface area contributed by atoms with Crippen molar-refractivity contribution in [3.05, 3.63) is 12.7 Å². The lowest BCUT2D eigenvalue weighted by molar-refractivity contribution is -0.134. The summed E-state index contributed by atoms with van der Waals surface area (Å²) >= 11 is 0. The minimum absolute atomic E-state index is 0.0459. The third kappa shape index (κ3) is 62.2. The van der Waals surface area contributed by atoms with Gasteiger partial charge in [0.15, 0.2) is 0 Å². The summed E-state index contributed by atoms with van der Waals surface area (Å²) in [6.45, 7) is 17.5. The van der Waals surface area contributed by atoms with Gasteiger partial charge in [0.05, 0.1) is 13.7 Å². The number of hydrogen-bond donors (Lipinski definition) is 4. The Kier molecular flexibility index (Phi) is 34.3. The molecule has 0 amide bonds. The summed E-state index contributed by atoms with van der Waals surface area (Å²) in [5.74, 6) is -0.394. The highest BCUT2D eigenvalue weighted by atomic mass is 31.2. The largest absolute Gasteiger partial charge is 0.469 e. The van der Waals surface area contributed by atoms with Crippen molar-refractivity contribution in [1.82, 2.24) is 10.6 Å². The second-order valence-electron chi connectivity index (χ2n) is 3.55. The summed E-state index contributed by atoms with van der Waals surface area (Å²) in [4.78, 5) is 25.7. The van der Waals surface area contributed by atoms with Crippen LogP contribution < -0.4 is 10.6 Å². The molecule has 0 heterocycles. The van der Waals surface area contributed by atoms with E-state index in [4.69, 9.17) is 9.79 Å². The van der Waals surface area contributed by atoms with Crippen molar-refractivity contribution in [3.63, 3.8) is 0 Å². The Bertz CT molecular complexity index is 274. The summed E-state index contributed by atoms with van der Waals surface area (Å²) < 4.78 is 17.7. The number of hydrogen-bond acceptors (Lipinski definition) is 6. The van der Waals surface area contributed by atoms with Crippen LogP contribution >= 0.6 is 7.82 Å². The minimum atomic E-state index is -4.17. The predicted molar refractivity (Wildman–Crippen MR) is 94.3 cm³/mol. The van der Waals surface area contributed by atoms with E-state index < -0.39 is 13.8 Å². The SMILES string of the molecule is C=CC(=O)OC.CCNCC.CCNCC.CCOP(=O)(O)O. The molecule has 0 rings (SSSR count). The van der Waals surface area contributed by atoms with Gasteiger partial charge < -0.3 is 25.2 Å². The quantitative estimate of drug-likeness (QED) is 0.309. The predicted octanol–water partition coefficient (Wildman–Crippen LogP) is 1.69. The van der Waals surface area contributed by atoms with Gasteiger partial charge in [0.1, 0.15) is 0 Å². The maximum Gasteiger partial charge on any atom is 0.469 e. The van der Waals surface area contributed by atoms with Crippen LogP contribution in [0.25, 0.3) is 0 Å². The van der Waals surface area contributed by atoms with E-state index in [2.05, 4.69) is 54.2 Å². The molecule has 0 aliphatic heterocycles. The van der Waals surface area contributed by atoms with E-state index in [1.54, 1.807) is 0 Å². The van der Waals surface area contributed by atoms with Crippen LogP contribution in [0.15, 0.2) is 12.7 Å². The van der Waals surface area contributed by atoms with Gasteiger partial charge in [-0.2, -0.15) is 0 Å². The monoisotopic (exact) mass is 358 g/mol. The van der Waals surface area contributed by atoms with Crippen LogP contribution in [0.5, 0.6) is 0 Å². The Morgan fingerprint density at radius 2 is 1.39 bits per heavy atom. The van der Waals surface area contributed by atoms with Crippen LogP contribution in [0.4, 0.5) is 0 Å². The highest BCUT2D eigenvalue weighted by Gasteiger charge is 2.10. The highest BCUT2D eigenvalue weighted by Crippen LogP contribution is 2.34. The molecule has 23 heavy (non-hydrogen) atoms. The molecule has 9 heteroatoms. The molecule has 0 aliphatic rings. The van der Waals surface area contributed by atoms with Crippen LogP contribution in [0.1, 0.15) is 34.6 Å². The fourth-order valence-electron chi connectivity index (χ4n) is 0.752. The zero-order chi connectivity index (χ0) is 19.1. The minimum Gasteiger partial charge on any atom is -0.466 e. The van der Waals surface area contributed by atoms with Gasteiger partial charge in [-0.15, -0.1) is 0 Å². The van der Waals surface area contributed by atoms with Crippen molar-refractivity contribution < 1.29 is 28.4 Å². The third-order valence-electron chi connectivity index (χ3n) is 1.67. The molecule has 0 radical (unpaired) electrons. The molecule has 0 atom stereocenters. The summed E-state index contributed by atoms with van der Waals surface area (Å²) in [5.41, 5.74) is 0. The Morgan fingerprint density at radius 3 is 1.39 bits per heavy atom. The summed E-state index contributed by atoms with van der Waals surface area (Å²) in [5, 5.41) is 6.22. The second kappa shape index (κ2) is 26.2. The maximum absolute atomic E-state index is 9.84. The number of methoxy groups -OCH3 is 1. The van der Waals surface area contributed by atoms with Gasteiger partial charge in [0.2, 0.25) is 0 Å². The Labute approximate surface area is 140 Å². The molecule has 0 aromatic rings. The topological polar surface area (TPSA) is 117 Å². The van der Waals surface area contributed by atoms with Gasteiger partial charge >= 0.3 is 13.8 Å². The summed E-state index contributed by atoms with van der Waals surface area (Å²) in [7, 11) is -2.86. The van der Waals surface area contributed by atoms with E-state index in [0.29, 0.717) is 0 Å². The fraction of sp³-hybridized carbons (Fsp3) is 0.786. The smallest absolute Gasteiger partial charge is 0.466 e. The van der Waals surface area contributed by atoms with Crippen LogP contribution in [0, 0.1) is 0 Å². The maximum atomic E-state index is 9.84. The normalized spacial score (nSPS) is 9.04. The standard InChI is InChI=1S/2C4H11N.C4H6O2.C2H7O4P/c2*1-3-5-4-2;1-3-4(5)6-2;1-2-6-7(3,4)5/h2*5H,3-4H2,1-2H3;3H,1H2,2H3;2H2,1H3,(H2,3,4,5). The van der Waals surface area contributed by atoms with Gasteiger partial charge in [0, 0.05) is 6.08 Å². The molecule has 0 saturated heterocycles. The molecule has 0 aromatic carbocycles. The highest BCUT2D eigenvalue weighted by molar-refractivity contribution is 7.46. The van der Waals surface area contributed by atoms with E-state index in [-0.39, 0.29) is 6.61 Å². The molecular formula is C14H35N2O6P. The van der Waals surface area contributed by atoms with Crippen LogP contribution in [0.3, 0.4) is 0 Å². The average Bonchev–Trinajstić information content (AvgIpc) is 2.49. The number of rotatable bonds is 7. The molecule has 0 spiro atoms. The zero-order valence-electron chi connectivity index (χ0n) is 15.3. The van der Waals surface area contributed by atoms with Gasteiger partial charge in [-0.05, 0) is 33.1 Å². The van der Waals surface area contributed by atoms with E-state index >= 15 is 0 Å². The average molecular weight is 358 g/mol. The van der Waals surface area contributed by atoms with E-state index in [1.807, 2.05) is 0 Å². The number of nitrogens with one attached hydrogen (secondary N) is 2. The Morgan fingerprint density at radius 1 is 1.04 bits per heavy atom. The van der Waals surface area contributed by atoms with Crippen molar-refractivity contribution in [2.24, 2.45) is 0 Å². The van der Waals surface area contributed by atoms with E-state index in [1.165, 1.54) is 14.0 Å². The van der Waals surface area contributed by atoms with Gasteiger partial charge in [-0.3, -0.25) is 4.52 Å². The molecule has 0 saturated carbocycles. The van der Waals surface area contributed by atoms with Crippen LogP contribution in [-0.4, -0.2) is 55.7 Å². The Hall–Kier alpha value is -0.760. The molecule has 0 bridgehead atoms. The number of carbonyl (C=O) groups is 1. The van der Waals surface area contributed by atoms with Gasteiger partial charge in [0.25, 0.3) is 0 Å². The third-order valence-corrected chi connectivity index (χ3v) is 2.26. The first-order chi connectivity index (χ1) is 10.7. The van der Waals surface area contributed by atoms with Crippen LogP contribution in [-0.2, 0) is 18.6 Å². The lowest BCUT2D eigenvalue weighted by atomic mass is 10.7. The van der Waals surface area contributed by atoms with Crippen molar-refractivity contribution in [2.75, 3.05) is 39.9 Å². The molecule has 0 unspecified atom stereocenters. The molecular weight excluding hydrogens is 323 g/mol. The molecule has 0 aliphatic carbocycles. The number of phosphoric ester groups is 1. The van der Waals surface area contributed by atoms with E-state index in [9.17, 15) is 9.36 Å². The summed E-state index contributed by atoms with van der Waals surface area (Å²) in [6, 6.07) is 0. The second-order valence-corrected chi connectivity index (χ2v) is 4.79. The van der Waals surface area contributed by atoms with Crippen molar-refractivity contribution in [3.8, 4) is 0 Å². The van der Waals surface area contributed by atoms with Gasteiger partial charge in [-0.25, -0.2) is 9.36 Å². The number of ether oxygens (including phenoxy) is 1. The first-order valence-corrected chi connectivity index (χ1v) is 9.05. The molecule has 142 valence electrons. The molecule has 0 fully saturated rings. The first-order valence-electron chi connectivity index (χ1n) is 7.52. The van der Waals surface area contributed by atoms with Crippen molar-refractivity contribution in [2.45, 2.75) is 34.6 Å². The van der Waals surface area contributed by atoms with Crippen molar-refractivity contribution >= 4 is 13.8 Å².